The molecule has 0 bridgehead atoms. The van der Waals surface area contributed by atoms with Crippen molar-refractivity contribution in [1.29, 1.82) is 0 Å². The third-order valence-corrected chi connectivity index (χ3v) is 10.9. The summed E-state index contributed by atoms with van der Waals surface area (Å²) in [6.45, 7) is 6.42. The number of ether oxygens (including phenoxy) is 3. The van der Waals surface area contributed by atoms with E-state index in [0.29, 0.717) is 19.3 Å². The summed E-state index contributed by atoms with van der Waals surface area (Å²) >= 11 is 0. The number of esters is 3. The Morgan fingerprint density at radius 2 is 0.698 bits per heavy atom. The highest BCUT2D eigenvalue weighted by molar-refractivity contribution is 5.71. The molecule has 0 heterocycles. The van der Waals surface area contributed by atoms with E-state index in [1.807, 2.05) is 0 Å². The van der Waals surface area contributed by atoms with Crippen molar-refractivity contribution in [3.63, 3.8) is 0 Å². The monoisotopic (exact) mass is 877 g/mol. The second-order valence-electron chi connectivity index (χ2n) is 17.1. The minimum atomic E-state index is -0.809. The second-order valence-corrected chi connectivity index (χ2v) is 17.1. The van der Waals surface area contributed by atoms with Gasteiger partial charge in [-0.1, -0.05) is 209 Å². The smallest absolute Gasteiger partial charge is 0.306 e. The van der Waals surface area contributed by atoms with E-state index < -0.39 is 6.10 Å². The number of carbonyl (C=O) groups excluding carboxylic acids is 3. The molecule has 63 heavy (non-hydrogen) atoms. The van der Waals surface area contributed by atoms with Crippen LogP contribution in [0.5, 0.6) is 0 Å². The molecule has 6 nitrogen and oxygen atoms in total. The van der Waals surface area contributed by atoms with Gasteiger partial charge in [-0.25, -0.2) is 0 Å². The van der Waals surface area contributed by atoms with Crippen LogP contribution in [0.4, 0.5) is 0 Å². The molecule has 0 saturated heterocycles. The first-order chi connectivity index (χ1) is 31.0. The molecule has 0 aliphatic heterocycles. The van der Waals surface area contributed by atoms with E-state index in [9.17, 15) is 14.4 Å². The van der Waals surface area contributed by atoms with Crippen LogP contribution in [-0.2, 0) is 28.6 Å². The maximum atomic E-state index is 12.8. The molecule has 0 N–H and O–H groups in total. The van der Waals surface area contributed by atoms with Crippen molar-refractivity contribution in [3.8, 4) is 0 Å². The van der Waals surface area contributed by atoms with Gasteiger partial charge in [0.2, 0.25) is 0 Å². The van der Waals surface area contributed by atoms with Gasteiger partial charge in [0.1, 0.15) is 13.2 Å². The maximum absolute atomic E-state index is 12.8. The minimum Gasteiger partial charge on any atom is -0.462 e. The largest absolute Gasteiger partial charge is 0.462 e. The molecule has 360 valence electrons. The van der Waals surface area contributed by atoms with Crippen LogP contribution in [0.25, 0.3) is 0 Å². The van der Waals surface area contributed by atoms with Gasteiger partial charge in [-0.15, -0.1) is 0 Å². The van der Waals surface area contributed by atoms with Gasteiger partial charge in [-0.05, 0) is 96.3 Å². The van der Waals surface area contributed by atoms with Gasteiger partial charge in [0.05, 0.1) is 0 Å². The molecular weight excluding hydrogens is 781 g/mol. The van der Waals surface area contributed by atoms with Crippen molar-refractivity contribution in [2.24, 2.45) is 0 Å². The van der Waals surface area contributed by atoms with Crippen LogP contribution in [0, 0.1) is 0 Å². The van der Waals surface area contributed by atoms with Gasteiger partial charge < -0.3 is 14.2 Å². The van der Waals surface area contributed by atoms with Crippen molar-refractivity contribution in [2.75, 3.05) is 13.2 Å². The summed E-state index contributed by atoms with van der Waals surface area (Å²) in [4.78, 5) is 38.0. The van der Waals surface area contributed by atoms with Crippen LogP contribution in [-0.4, -0.2) is 37.2 Å². The van der Waals surface area contributed by atoms with Gasteiger partial charge in [0.15, 0.2) is 6.10 Å². The minimum absolute atomic E-state index is 0.106. The Morgan fingerprint density at radius 1 is 0.349 bits per heavy atom. The standard InChI is InChI=1S/C57H96O6/c1-4-7-10-13-16-19-22-25-27-28-30-32-35-38-41-44-47-50-56(59)62-53-54(52-61-55(58)49-46-43-40-37-34-31-24-21-18-15-12-9-6-3)63-57(60)51-48-45-42-39-36-33-29-26-23-20-17-14-11-8-5-2/h8,11,14,17,20,23,25,27,30-32,34,38,41,54H,4-7,9-10,12-13,15-16,18-19,21-22,24,26,28-29,33,35-37,39-40,42-53H2,1-3H3/b11-8-,17-14-,23-20-,27-25-,32-30-,34-31-,41-38-. The summed E-state index contributed by atoms with van der Waals surface area (Å²) in [5.41, 5.74) is 0. The van der Waals surface area contributed by atoms with E-state index in [-0.39, 0.29) is 37.5 Å². The number of unbranched alkanes of at least 4 members (excludes halogenated alkanes) is 23. The van der Waals surface area contributed by atoms with E-state index in [1.54, 1.807) is 0 Å². The zero-order valence-electron chi connectivity index (χ0n) is 41.1. The van der Waals surface area contributed by atoms with E-state index in [1.165, 1.54) is 103 Å². The lowest BCUT2D eigenvalue weighted by Crippen LogP contribution is -2.30. The van der Waals surface area contributed by atoms with Gasteiger partial charge in [-0.2, -0.15) is 0 Å². The lowest BCUT2D eigenvalue weighted by Gasteiger charge is -2.18. The second kappa shape index (κ2) is 51.2. The van der Waals surface area contributed by atoms with Crippen LogP contribution in [0.3, 0.4) is 0 Å². The van der Waals surface area contributed by atoms with E-state index in [4.69, 9.17) is 14.2 Å². The predicted molar refractivity (Wildman–Crippen MR) is 270 cm³/mol. The highest BCUT2D eigenvalue weighted by Crippen LogP contribution is 2.13. The third kappa shape index (κ3) is 49.5. The lowest BCUT2D eigenvalue weighted by atomic mass is 10.1. The average molecular weight is 877 g/mol. The Kier molecular flexibility index (Phi) is 48.5. The van der Waals surface area contributed by atoms with Crippen molar-refractivity contribution in [3.05, 3.63) is 85.1 Å². The zero-order valence-corrected chi connectivity index (χ0v) is 41.1. The topological polar surface area (TPSA) is 78.9 Å². The normalized spacial score (nSPS) is 12.7. The van der Waals surface area contributed by atoms with Crippen LogP contribution >= 0.6 is 0 Å². The number of rotatable bonds is 46. The molecule has 0 radical (unpaired) electrons. The molecule has 0 rings (SSSR count). The third-order valence-electron chi connectivity index (χ3n) is 10.9. The first-order valence-electron chi connectivity index (χ1n) is 26.1. The van der Waals surface area contributed by atoms with Gasteiger partial charge in [0, 0.05) is 19.3 Å². The molecule has 0 aliphatic carbocycles. The van der Waals surface area contributed by atoms with E-state index in [2.05, 4.69) is 106 Å². The predicted octanol–water partition coefficient (Wildman–Crippen LogP) is 17.2. The molecule has 0 fully saturated rings. The van der Waals surface area contributed by atoms with Crippen molar-refractivity contribution in [2.45, 2.75) is 245 Å². The molecule has 1 atom stereocenters. The fraction of sp³-hybridized carbons (Fsp3) is 0.702. The van der Waals surface area contributed by atoms with Crippen molar-refractivity contribution < 1.29 is 28.6 Å². The fourth-order valence-corrected chi connectivity index (χ4v) is 6.98. The average Bonchev–Trinajstić information content (AvgIpc) is 3.28. The van der Waals surface area contributed by atoms with Gasteiger partial charge >= 0.3 is 17.9 Å². The summed E-state index contributed by atoms with van der Waals surface area (Å²) in [6.07, 6.45) is 65.7. The summed E-state index contributed by atoms with van der Waals surface area (Å²) in [5.74, 6) is -0.988. The van der Waals surface area contributed by atoms with Gasteiger partial charge in [0.25, 0.3) is 0 Å². The Labute approximate surface area is 388 Å². The van der Waals surface area contributed by atoms with Gasteiger partial charge in [-0.3, -0.25) is 14.4 Å². The Bertz CT molecular complexity index is 1240. The number of allylic oxidation sites excluding steroid dienone is 14. The quantitative estimate of drug-likeness (QED) is 0.0199. The number of hydrogen-bond acceptors (Lipinski definition) is 6. The maximum Gasteiger partial charge on any atom is 0.306 e. The fourth-order valence-electron chi connectivity index (χ4n) is 6.98. The highest BCUT2D eigenvalue weighted by Gasteiger charge is 2.19. The summed E-state index contributed by atoms with van der Waals surface area (Å²) in [6, 6.07) is 0. The van der Waals surface area contributed by atoms with Crippen molar-refractivity contribution in [1.82, 2.24) is 0 Å². The van der Waals surface area contributed by atoms with Crippen LogP contribution in [0.2, 0.25) is 0 Å². The van der Waals surface area contributed by atoms with Crippen LogP contribution in [0.15, 0.2) is 85.1 Å². The van der Waals surface area contributed by atoms with Crippen LogP contribution < -0.4 is 0 Å². The Morgan fingerprint density at radius 3 is 1.19 bits per heavy atom. The lowest BCUT2D eigenvalue weighted by molar-refractivity contribution is -0.167. The molecule has 0 spiro atoms. The molecule has 0 amide bonds. The molecule has 0 aromatic carbocycles. The molecule has 0 aromatic heterocycles. The highest BCUT2D eigenvalue weighted by atomic mass is 16.6. The molecule has 6 heteroatoms. The first-order valence-corrected chi connectivity index (χ1v) is 26.1. The van der Waals surface area contributed by atoms with E-state index in [0.717, 1.165) is 89.9 Å². The number of hydrogen-bond donors (Lipinski definition) is 0. The number of carbonyl (C=O) groups is 3. The molecule has 0 saturated carbocycles. The Hall–Kier alpha value is -3.41. The molecule has 0 aromatic rings. The molecular formula is C57H96O6. The first kappa shape index (κ1) is 59.6. The SMILES string of the molecule is CC\C=C/C=C\C=C/CCCCCCCCCC(=O)OC(COC(=O)CCC/C=C\C/C=C\C/C=C\CCCCCCCC)COC(=O)CCCCC/C=C\CCCCCCCC. The summed E-state index contributed by atoms with van der Waals surface area (Å²) < 4.78 is 16.7. The van der Waals surface area contributed by atoms with Crippen molar-refractivity contribution >= 4 is 17.9 Å². The molecule has 0 aliphatic rings. The summed E-state index contributed by atoms with van der Waals surface area (Å²) in [7, 11) is 0. The van der Waals surface area contributed by atoms with E-state index >= 15 is 0 Å². The molecule has 1 unspecified atom stereocenters. The Balaban J connectivity index is 4.50. The zero-order chi connectivity index (χ0) is 45.8. The van der Waals surface area contributed by atoms with Crippen LogP contribution in [0.1, 0.15) is 239 Å². The summed E-state index contributed by atoms with van der Waals surface area (Å²) in [5, 5.41) is 0.